The third-order valence-electron chi connectivity index (χ3n) is 4.17. The number of aryl methyl sites for hydroxylation is 2. The minimum absolute atomic E-state index is 0.0132. The van der Waals surface area contributed by atoms with Crippen LogP contribution in [0.1, 0.15) is 42.1 Å². The quantitative estimate of drug-likeness (QED) is 0.410. The van der Waals surface area contributed by atoms with E-state index in [0.717, 1.165) is 24.1 Å². The lowest BCUT2D eigenvalue weighted by atomic mass is 9.97. The molecule has 2 rings (SSSR count). The molecule has 0 spiro atoms. The van der Waals surface area contributed by atoms with Crippen molar-refractivity contribution >= 4 is 17.5 Å². The second-order valence-electron chi connectivity index (χ2n) is 5.88. The van der Waals surface area contributed by atoms with Crippen molar-refractivity contribution in [1.82, 2.24) is 0 Å². The van der Waals surface area contributed by atoms with Crippen molar-refractivity contribution in [2.45, 2.75) is 32.7 Å². The van der Waals surface area contributed by atoms with Gasteiger partial charge in [0.25, 0.3) is 0 Å². The van der Waals surface area contributed by atoms with Gasteiger partial charge in [0.1, 0.15) is 5.84 Å². The van der Waals surface area contributed by atoms with Crippen LogP contribution in [-0.2, 0) is 22.4 Å². The summed E-state index contributed by atoms with van der Waals surface area (Å²) in [5, 5.41) is 10.7. The fourth-order valence-corrected chi connectivity index (χ4v) is 2.68. The monoisotopic (exact) mass is 339 g/mol. The van der Waals surface area contributed by atoms with Crippen LogP contribution in [0.5, 0.6) is 0 Å². The molecule has 0 aliphatic rings. The van der Waals surface area contributed by atoms with Crippen LogP contribution in [0.4, 0.5) is 5.69 Å². The fourth-order valence-electron chi connectivity index (χ4n) is 2.68. The van der Waals surface area contributed by atoms with E-state index in [0.29, 0.717) is 5.56 Å². The predicted octanol–water partition coefficient (Wildman–Crippen LogP) is 3.42. The highest BCUT2D eigenvalue weighted by molar-refractivity contribution is 5.95. The summed E-state index contributed by atoms with van der Waals surface area (Å²) in [7, 11) is 1.39. The lowest BCUT2D eigenvalue weighted by molar-refractivity contribution is -0.141. The van der Waals surface area contributed by atoms with Crippen molar-refractivity contribution < 1.29 is 9.53 Å². The Kier molecular flexibility index (Phi) is 6.17. The van der Waals surface area contributed by atoms with Crippen LogP contribution in [0.15, 0.2) is 42.5 Å². The molecule has 1 unspecified atom stereocenters. The molecule has 0 aliphatic carbocycles. The Morgan fingerprint density at radius 2 is 1.68 bits per heavy atom. The summed E-state index contributed by atoms with van der Waals surface area (Å²) in [6, 6.07) is 12.8. The number of rotatable bonds is 7. The van der Waals surface area contributed by atoms with E-state index in [4.69, 9.17) is 15.9 Å². The second-order valence-corrected chi connectivity index (χ2v) is 5.88. The summed E-state index contributed by atoms with van der Waals surface area (Å²) < 4.78 is 4.99. The van der Waals surface area contributed by atoms with E-state index in [1.54, 1.807) is 24.3 Å². The summed E-state index contributed by atoms with van der Waals surface area (Å²) in [6.07, 6.45) is 1.81. The average Bonchev–Trinajstić information content (AvgIpc) is 2.65. The van der Waals surface area contributed by atoms with Gasteiger partial charge < -0.3 is 15.8 Å². The zero-order valence-corrected chi connectivity index (χ0v) is 14.9. The van der Waals surface area contributed by atoms with Crippen molar-refractivity contribution in [1.29, 1.82) is 5.41 Å². The van der Waals surface area contributed by atoms with Gasteiger partial charge in [0.05, 0.1) is 7.11 Å². The first-order chi connectivity index (χ1) is 12.0. The fraction of sp³-hybridized carbons (Fsp3) is 0.300. The standard InChI is InChI=1S/C20H25N3O2/c1-4-13-10-14(5-2)12-16(11-13)18(20(24)25-3)23-17-8-6-15(7-9-17)19(21)22/h6-12,18,23H,4-5H2,1-3H3,(H3,21,22). The highest BCUT2D eigenvalue weighted by Gasteiger charge is 2.22. The molecule has 0 heterocycles. The molecule has 5 nitrogen and oxygen atoms in total. The molecule has 1 atom stereocenters. The van der Waals surface area contributed by atoms with Gasteiger partial charge in [0, 0.05) is 11.3 Å². The Hall–Kier alpha value is -2.82. The van der Waals surface area contributed by atoms with Crippen molar-refractivity contribution in [2.24, 2.45) is 5.73 Å². The number of amidine groups is 1. The minimum Gasteiger partial charge on any atom is -0.467 e. The number of carbonyl (C=O) groups is 1. The third-order valence-corrected chi connectivity index (χ3v) is 4.17. The van der Waals surface area contributed by atoms with E-state index in [1.807, 2.05) is 12.1 Å². The van der Waals surface area contributed by atoms with E-state index in [2.05, 4.69) is 25.2 Å². The van der Waals surface area contributed by atoms with Crippen LogP contribution in [-0.4, -0.2) is 18.9 Å². The molecule has 2 aromatic carbocycles. The number of esters is 1. The summed E-state index contributed by atoms with van der Waals surface area (Å²) in [6.45, 7) is 4.19. The van der Waals surface area contributed by atoms with E-state index in [1.165, 1.54) is 18.2 Å². The Morgan fingerprint density at radius 3 is 2.12 bits per heavy atom. The number of nitrogens with one attached hydrogen (secondary N) is 2. The molecular formula is C20H25N3O2. The first-order valence-electron chi connectivity index (χ1n) is 8.40. The molecule has 25 heavy (non-hydrogen) atoms. The number of nitrogen functional groups attached to an aromatic ring is 1. The molecule has 5 heteroatoms. The zero-order chi connectivity index (χ0) is 18.4. The average molecular weight is 339 g/mol. The zero-order valence-electron chi connectivity index (χ0n) is 14.9. The van der Waals surface area contributed by atoms with Gasteiger partial charge in [-0.3, -0.25) is 5.41 Å². The minimum atomic E-state index is -0.593. The topological polar surface area (TPSA) is 88.2 Å². The molecular weight excluding hydrogens is 314 g/mol. The Labute approximate surface area is 148 Å². The Bertz CT molecular complexity index is 732. The molecule has 0 saturated carbocycles. The van der Waals surface area contributed by atoms with E-state index >= 15 is 0 Å². The highest BCUT2D eigenvalue weighted by Crippen LogP contribution is 2.24. The van der Waals surface area contributed by atoms with Crippen LogP contribution >= 0.6 is 0 Å². The van der Waals surface area contributed by atoms with Gasteiger partial charge in [-0.25, -0.2) is 4.79 Å². The lowest BCUT2D eigenvalue weighted by Crippen LogP contribution is -2.23. The highest BCUT2D eigenvalue weighted by atomic mass is 16.5. The lowest BCUT2D eigenvalue weighted by Gasteiger charge is -2.20. The molecule has 0 radical (unpaired) electrons. The van der Waals surface area contributed by atoms with Gasteiger partial charge in [-0.1, -0.05) is 32.0 Å². The number of ether oxygens (including phenoxy) is 1. The molecule has 2 aromatic rings. The van der Waals surface area contributed by atoms with Crippen LogP contribution in [0.25, 0.3) is 0 Å². The molecule has 132 valence electrons. The van der Waals surface area contributed by atoms with Gasteiger partial charge in [0.15, 0.2) is 6.04 Å². The van der Waals surface area contributed by atoms with E-state index in [9.17, 15) is 4.79 Å². The van der Waals surface area contributed by atoms with Gasteiger partial charge in [-0.2, -0.15) is 0 Å². The number of nitrogens with two attached hydrogens (primary N) is 1. The largest absolute Gasteiger partial charge is 0.467 e. The third kappa shape index (κ3) is 4.59. The maximum Gasteiger partial charge on any atom is 0.332 e. The summed E-state index contributed by atoms with van der Waals surface area (Å²) >= 11 is 0. The van der Waals surface area contributed by atoms with Crippen LogP contribution in [0.3, 0.4) is 0 Å². The van der Waals surface area contributed by atoms with Crippen molar-refractivity contribution in [3.8, 4) is 0 Å². The molecule has 0 aromatic heterocycles. The normalized spacial score (nSPS) is 11.6. The van der Waals surface area contributed by atoms with Crippen molar-refractivity contribution in [2.75, 3.05) is 12.4 Å². The summed E-state index contributed by atoms with van der Waals surface area (Å²) in [5.41, 5.74) is 10.2. The van der Waals surface area contributed by atoms with Crippen molar-refractivity contribution in [3.05, 3.63) is 64.7 Å². The predicted molar refractivity (Wildman–Crippen MR) is 101 cm³/mol. The smallest absolute Gasteiger partial charge is 0.332 e. The number of anilines is 1. The van der Waals surface area contributed by atoms with Gasteiger partial charge in [-0.05, 0) is 53.8 Å². The first kappa shape index (κ1) is 18.5. The molecule has 0 fully saturated rings. The summed E-state index contributed by atoms with van der Waals surface area (Å²) in [4.78, 5) is 12.4. The number of benzene rings is 2. The van der Waals surface area contributed by atoms with Crippen molar-refractivity contribution in [3.63, 3.8) is 0 Å². The Balaban J connectivity index is 2.36. The second kappa shape index (κ2) is 8.33. The van der Waals surface area contributed by atoms with Gasteiger partial charge in [-0.15, -0.1) is 0 Å². The number of hydrogen-bond donors (Lipinski definition) is 3. The SMILES string of the molecule is CCc1cc(CC)cc(C(Nc2ccc(C(=N)N)cc2)C(=O)OC)c1. The molecule has 0 saturated heterocycles. The Morgan fingerprint density at radius 1 is 1.12 bits per heavy atom. The molecule has 0 aliphatic heterocycles. The summed E-state index contributed by atoms with van der Waals surface area (Å²) in [5.74, 6) is -0.328. The molecule has 0 bridgehead atoms. The van der Waals surface area contributed by atoms with Gasteiger partial charge in [0.2, 0.25) is 0 Å². The van der Waals surface area contributed by atoms with E-state index < -0.39 is 6.04 Å². The van der Waals surface area contributed by atoms with Crippen LogP contribution in [0.2, 0.25) is 0 Å². The number of carbonyl (C=O) groups excluding carboxylic acids is 1. The van der Waals surface area contributed by atoms with E-state index in [-0.39, 0.29) is 11.8 Å². The molecule has 4 N–H and O–H groups in total. The van der Waals surface area contributed by atoms with Gasteiger partial charge >= 0.3 is 5.97 Å². The maximum absolute atomic E-state index is 12.4. The first-order valence-corrected chi connectivity index (χ1v) is 8.40. The number of hydrogen-bond acceptors (Lipinski definition) is 4. The molecule has 0 amide bonds. The van der Waals surface area contributed by atoms with Crippen LogP contribution in [0, 0.1) is 5.41 Å². The maximum atomic E-state index is 12.4. The van der Waals surface area contributed by atoms with Crippen LogP contribution < -0.4 is 11.1 Å². The number of methoxy groups -OCH3 is 1.